The standard InChI is InChI=1S/C18H25NO3S/c1-4-5-7-15-8-6-9-17(22-3)18(15)19-23(20,21)16-12-10-14(2)11-13-16/h4,10-13,17,19H,1,5-9H2,2-3H3. The van der Waals surface area contributed by atoms with E-state index in [9.17, 15) is 8.42 Å². The predicted molar refractivity (Wildman–Crippen MR) is 92.6 cm³/mol. The maximum Gasteiger partial charge on any atom is 0.261 e. The third kappa shape index (κ3) is 4.45. The van der Waals surface area contributed by atoms with E-state index in [-0.39, 0.29) is 11.0 Å². The van der Waals surface area contributed by atoms with Crippen molar-refractivity contribution in [2.45, 2.75) is 50.0 Å². The van der Waals surface area contributed by atoms with Gasteiger partial charge in [0, 0.05) is 7.11 Å². The van der Waals surface area contributed by atoms with Crippen molar-refractivity contribution in [2.75, 3.05) is 7.11 Å². The summed E-state index contributed by atoms with van der Waals surface area (Å²) in [6.07, 6.45) is 6.07. The molecule has 5 heteroatoms. The van der Waals surface area contributed by atoms with E-state index in [1.54, 1.807) is 31.4 Å². The highest BCUT2D eigenvalue weighted by atomic mass is 32.2. The van der Waals surface area contributed by atoms with Crippen molar-refractivity contribution in [3.05, 3.63) is 53.8 Å². The number of methoxy groups -OCH3 is 1. The first kappa shape index (κ1) is 17.8. The highest BCUT2D eigenvalue weighted by Gasteiger charge is 2.27. The van der Waals surface area contributed by atoms with Gasteiger partial charge in [-0.15, -0.1) is 6.58 Å². The molecule has 1 aromatic rings. The molecular weight excluding hydrogens is 310 g/mol. The highest BCUT2D eigenvalue weighted by Crippen LogP contribution is 2.29. The minimum atomic E-state index is -3.59. The number of benzene rings is 1. The first-order valence-corrected chi connectivity index (χ1v) is 9.41. The summed E-state index contributed by atoms with van der Waals surface area (Å²) in [5.74, 6) is 0. The van der Waals surface area contributed by atoms with Crippen molar-refractivity contribution in [1.29, 1.82) is 0 Å². The molecule has 0 fully saturated rings. The minimum Gasteiger partial charge on any atom is -0.375 e. The molecule has 0 heterocycles. The van der Waals surface area contributed by atoms with Crippen molar-refractivity contribution in [3.8, 4) is 0 Å². The summed E-state index contributed by atoms with van der Waals surface area (Å²) in [4.78, 5) is 0.277. The van der Waals surface area contributed by atoms with Gasteiger partial charge in [0.25, 0.3) is 10.0 Å². The largest absolute Gasteiger partial charge is 0.375 e. The number of allylic oxidation sites excluding steroid dienone is 2. The number of sulfonamides is 1. The number of aryl methyl sites for hydroxylation is 1. The van der Waals surface area contributed by atoms with Crippen LogP contribution in [-0.2, 0) is 14.8 Å². The molecule has 1 unspecified atom stereocenters. The van der Waals surface area contributed by atoms with Gasteiger partial charge in [0.15, 0.2) is 0 Å². The normalized spacial score (nSPS) is 18.8. The molecule has 4 nitrogen and oxygen atoms in total. The van der Waals surface area contributed by atoms with Gasteiger partial charge in [-0.1, -0.05) is 23.8 Å². The molecule has 0 aromatic heterocycles. The maximum atomic E-state index is 12.7. The van der Waals surface area contributed by atoms with Gasteiger partial charge in [0.05, 0.1) is 16.7 Å². The van der Waals surface area contributed by atoms with Crippen LogP contribution in [0.3, 0.4) is 0 Å². The molecule has 23 heavy (non-hydrogen) atoms. The molecule has 1 N–H and O–H groups in total. The lowest BCUT2D eigenvalue weighted by atomic mass is 9.91. The fourth-order valence-electron chi connectivity index (χ4n) is 2.84. The summed E-state index contributed by atoms with van der Waals surface area (Å²) in [5.41, 5.74) is 2.86. The second-order valence-electron chi connectivity index (χ2n) is 5.88. The molecule has 0 radical (unpaired) electrons. The van der Waals surface area contributed by atoms with Crippen LogP contribution in [0.1, 0.15) is 37.7 Å². The van der Waals surface area contributed by atoms with E-state index < -0.39 is 10.0 Å². The summed E-state index contributed by atoms with van der Waals surface area (Å²) in [6, 6.07) is 6.87. The van der Waals surface area contributed by atoms with Crippen LogP contribution >= 0.6 is 0 Å². The van der Waals surface area contributed by atoms with E-state index in [4.69, 9.17) is 4.74 Å². The topological polar surface area (TPSA) is 55.4 Å². The summed E-state index contributed by atoms with van der Waals surface area (Å²) in [5, 5.41) is 0. The summed E-state index contributed by atoms with van der Waals surface area (Å²) in [7, 11) is -1.97. The van der Waals surface area contributed by atoms with Crippen LogP contribution in [-0.4, -0.2) is 21.6 Å². The second kappa shape index (κ2) is 7.79. The number of hydrogen-bond acceptors (Lipinski definition) is 3. The van der Waals surface area contributed by atoms with Crippen LogP contribution in [0.2, 0.25) is 0 Å². The molecule has 1 aliphatic rings. The number of hydrogen-bond donors (Lipinski definition) is 1. The van der Waals surface area contributed by atoms with E-state index in [1.807, 2.05) is 13.0 Å². The Balaban J connectivity index is 2.32. The Morgan fingerprint density at radius 1 is 1.35 bits per heavy atom. The van der Waals surface area contributed by atoms with Gasteiger partial charge in [-0.05, 0) is 56.7 Å². The number of ether oxygens (including phenoxy) is 1. The predicted octanol–water partition coefficient (Wildman–Crippen LogP) is 3.69. The van der Waals surface area contributed by atoms with E-state index in [2.05, 4.69) is 11.3 Å². The van der Waals surface area contributed by atoms with Gasteiger partial charge < -0.3 is 4.74 Å². The third-order valence-corrected chi connectivity index (χ3v) is 5.54. The number of rotatable bonds is 7. The maximum absolute atomic E-state index is 12.7. The van der Waals surface area contributed by atoms with Gasteiger partial charge in [-0.3, -0.25) is 4.72 Å². The van der Waals surface area contributed by atoms with Gasteiger partial charge in [-0.25, -0.2) is 8.42 Å². The molecular formula is C18H25NO3S. The molecule has 0 spiro atoms. The Bertz CT molecular complexity index is 675. The first-order valence-electron chi connectivity index (χ1n) is 7.93. The average Bonchev–Trinajstić information content (AvgIpc) is 2.54. The first-order chi connectivity index (χ1) is 11.0. The van der Waals surface area contributed by atoms with Crippen LogP contribution < -0.4 is 4.72 Å². The molecule has 126 valence electrons. The zero-order chi connectivity index (χ0) is 16.9. The van der Waals surface area contributed by atoms with Crippen molar-refractivity contribution in [3.63, 3.8) is 0 Å². The molecule has 0 bridgehead atoms. The molecule has 2 rings (SSSR count). The Labute approximate surface area is 139 Å². The van der Waals surface area contributed by atoms with Crippen molar-refractivity contribution in [1.82, 2.24) is 4.72 Å². The quantitative estimate of drug-likeness (QED) is 0.773. The average molecular weight is 335 g/mol. The minimum absolute atomic E-state index is 0.191. The second-order valence-corrected chi connectivity index (χ2v) is 7.56. The van der Waals surface area contributed by atoms with Crippen LogP contribution in [0.5, 0.6) is 0 Å². The van der Waals surface area contributed by atoms with E-state index >= 15 is 0 Å². The molecule has 1 aliphatic carbocycles. The SMILES string of the molecule is C=CCCC1=C(NS(=O)(=O)c2ccc(C)cc2)C(OC)CCC1. The lowest BCUT2D eigenvalue weighted by Gasteiger charge is -2.28. The molecule has 0 saturated heterocycles. The Hall–Kier alpha value is -1.59. The Morgan fingerprint density at radius 3 is 2.65 bits per heavy atom. The fourth-order valence-corrected chi connectivity index (χ4v) is 4.02. The Morgan fingerprint density at radius 2 is 2.04 bits per heavy atom. The summed E-state index contributed by atoms with van der Waals surface area (Å²) in [6.45, 7) is 5.68. The van der Waals surface area contributed by atoms with E-state index in [0.717, 1.165) is 43.2 Å². The summed E-state index contributed by atoms with van der Waals surface area (Å²) < 4.78 is 33.6. The van der Waals surface area contributed by atoms with Crippen LogP contribution in [0.4, 0.5) is 0 Å². The highest BCUT2D eigenvalue weighted by molar-refractivity contribution is 7.89. The van der Waals surface area contributed by atoms with Gasteiger partial charge in [0.2, 0.25) is 0 Å². The van der Waals surface area contributed by atoms with Crippen molar-refractivity contribution < 1.29 is 13.2 Å². The van der Waals surface area contributed by atoms with Crippen molar-refractivity contribution in [2.24, 2.45) is 0 Å². The third-order valence-electron chi connectivity index (χ3n) is 4.16. The zero-order valence-electron chi connectivity index (χ0n) is 13.8. The number of nitrogens with one attached hydrogen (secondary N) is 1. The lowest BCUT2D eigenvalue weighted by Crippen LogP contribution is -2.34. The van der Waals surface area contributed by atoms with E-state index in [1.165, 1.54) is 0 Å². The monoisotopic (exact) mass is 335 g/mol. The van der Waals surface area contributed by atoms with Gasteiger partial charge in [0.1, 0.15) is 0 Å². The molecule has 0 saturated carbocycles. The smallest absolute Gasteiger partial charge is 0.261 e. The Kier molecular flexibility index (Phi) is 6.02. The summed E-state index contributed by atoms with van der Waals surface area (Å²) >= 11 is 0. The molecule has 1 aromatic carbocycles. The molecule has 1 atom stereocenters. The van der Waals surface area contributed by atoms with Crippen LogP contribution in [0.25, 0.3) is 0 Å². The zero-order valence-corrected chi connectivity index (χ0v) is 14.7. The van der Waals surface area contributed by atoms with Crippen LogP contribution in [0, 0.1) is 6.92 Å². The molecule has 0 aliphatic heterocycles. The van der Waals surface area contributed by atoms with Gasteiger partial charge >= 0.3 is 0 Å². The van der Waals surface area contributed by atoms with Crippen molar-refractivity contribution >= 4 is 10.0 Å². The van der Waals surface area contributed by atoms with Gasteiger partial charge in [-0.2, -0.15) is 0 Å². The van der Waals surface area contributed by atoms with E-state index in [0.29, 0.717) is 5.70 Å². The fraction of sp³-hybridized carbons (Fsp3) is 0.444. The van der Waals surface area contributed by atoms with Crippen LogP contribution in [0.15, 0.2) is 53.1 Å². The molecule has 0 amide bonds. The lowest BCUT2D eigenvalue weighted by molar-refractivity contribution is 0.112.